The highest BCUT2D eigenvalue weighted by Gasteiger charge is 2.39. The monoisotopic (exact) mass is 637 g/mol. The number of imidazole rings is 1. The lowest BCUT2D eigenvalue weighted by Crippen LogP contribution is -2.50. The van der Waals surface area contributed by atoms with Gasteiger partial charge in [-0.25, -0.2) is 13.4 Å². The number of likely N-dealkylation sites (tertiary alicyclic amines) is 1. The Morgan fingerprint density at radius 1 is 1.07 bits per heavy atom. The van der Waals surface area contributed by atoms with Crippen molar-refractivity contribution in [1.29, 1.82) is 0 Å². The Kier molecular flexibility index (Phi) is 8.96. The quantitative estimate of drug-likeness (QED) is 0.388. The normalized spacial score (nSPS) is 26.4. The van der Waals surface area contributed by atoms with E-state index in [-0.39, 0.29) is 42.0 Å². The van der Waals surface area contributed by atoms with Gasteiger partial charge >= 0.3 is 0 Å². The second-order valence-corrected chi connectivity index (χ2v) is 14.2. The maximum absolute atomic E-state index is 13.7. The first-order valence-corrected chi connectivity index (χ1v) is 17.1. The fourth-order valence-electron chi connectivity index (χ4n) is 6.33. The molecule has 2 fully saturated rings. The molecule has 4 heterocycles. The summed E-state index contributed by atoms with van der Waals surface area (Å²) in [6.07, 6.45) is 5.41. The number of amides is 2. The van der Waals surface area contributed by atoms with Crippen LogP contribution in [0, 0.1) is 0 Å². The molecule has 3 aliphatic rings. The van der Waals surface area contributed by atoms with Crippen LogP contribution >= 0.6 is 0 Å². The Morgan fingerprint density at radius 3 is 2.58 bits per heavy atom. The number of hydrogen-bond acceptors (Lipinski definition) is 9. The first-order valence-electron chi connectivity index (χ1n) is 15.2. The van der Waals surface area contributed by atoms with Crippen LogP contribution in [0.15, 0.2) is 59.9 Å². The number of hydrogen-bond donors (Lipinski definition) is 3. The van der Waals surface area contributed by atoms with Gasteiger partial charge in [0.05, 0.1) is 47.3 Å². The predicted octanol–water partition coefficient (Wildman–Crippen LogP) is 1.67. The lowest BCUT2D eigenvalue weighted by atomic mass is 9.99. The minimum absolute atomic E-state index is 0.172. The van der Waals surface area contributed by atoms with Gasteiger partial charge in [-0.15, -0.1) is 0 Å². The van der Waals surface area contributed by atoms with Crippen molar-refractivity contribution in [2.24, 2.45) is 7.05 Å². The number of rotatable bonds is 4. The fourth-order valence-corrected chi connectivity index (χ4v) is 6.96. The molecule has 3 aromatic rings. The van der Waals surface area contributed by atoms with E-state index in [0.29, 0.717) is 50.1 Å². The number of aliphatic hydroxyl groups is 1. The zero-order valence-corrected chi connectivity index (χ0v) is 26.2. The number of aliphatic hydroxyl groups excluding tert-OH is 1. The van der Waals surface area contributed by atoms with Crippen molar-refractivity contribution in [3.63, 3.8) is 0 Å². The number of carbonyl (C=O) groups is 2. The third kappa shape index (κ3) is 7.06. The average Bonchev–Trinajstić information content (AvgIpc) is 3.61. The van der Waals surface area contributed by atoms with Crippen LogP contribution in [-0.4, -0.2) is 96.1 Å². The van der Waals surface area contributed by atoms with Crippen molar-refractivity contribution in [2.75, 3.05) is 26.0 Å². The highest BCUT2D eigenvalue weighted by Crippen LogP contribution is 2.30. The van der Waals surface area contributed by atoms with Gasteiger partial charge in [0.1, 0.15) is 11.9 Å². The molecule has 2 saturated heterocycles. The summed E-state index contributed by atoms with van der Waals surface area (Å²) in [6.45, 7) is 1.41. The second kappa shape index (κ2) is 12.9. The largest absolute Gasteiger partial charge is 0.493 e. The highest BCUT2D eigenvalue weighted by molar-refractivity contribution is 7.90. The SMILES string of the molecule is Cn1cncc1CN1C[C@@H]2C[C@H]1C(=O)NC[C@H]1O[C@H](CCOc3cc(-c4ccc(S(C)(=O)=O)cc4)ccc3C(=O)N2)CC[C@@H]1O. The van der Waals surface area contributed by atoms with Crippen molar-refractivity contribution >= 4 is 21.7 Å². The van der Waals surface area contributed by atoms with E-state index in [9.17, 15) is 23.1 Å². The molecule has 240 valence electrons. The molecule has 0 unspecified atom stereocenters. The van der Waals surface area contributed by atoms with Crippen LogP contribution in [0.5, 0.6) is 5.75 Å². The van der Waals surface area contributed by atoms with E-state index in [4.69, 9.17) is 9.47 Å². The van der Waals surface area contributed by atoms with Crippen LogP contribution in [0.2, 0.25) is 0 Å². The molecule has 13 heteroatoms. The van der Waals surface area contributed by atoms with E-state index < -0.39 is 28.1 Å². The number of ether oxygens (including phenoxy) is 2. The minimum atomic E-state index is -3.33. The predicted molar refractivity (Wildman–Crippen MR) is 165 cm³/mol. The Bertz CT molecular complexity index is 1660. The van der Waals surface area contributed by atoms with Gasteiger partial charge in [-0.1, -0.05) is 18.2 Å². The number of nitrogens with one attached hydrogen (secondary N) is 2. The van der Waals surface area contributed by atoms with Crippen molar-refractivity contribution in [2.45, 2.75) is 67.5 Å². The van der Waals surface area contributed by atoms with E-state index in [1.54, 1.807) is 48.9 Å². The van der Waals surface area contributed by atoms with Gasteiger partial charge in [-0.05, 0) is 54.7 Å². The summed E-state index contributed by atoms with van der Waals surface area (Å²) in [5, 5.41) is 16.8. The number of sulfone groups is 1. The molecule has 12 nitrogen and oxygen atoms in total. The van der Waals surface area contributed by atoms with Gasteiger partial charge in [0.2, 0.25) is 5.91 Å². The molecule has 3 aliphatic heterocycles. The summed E-state index contributed by atoms with van der Waals surface area (Å²) in [5.74, 6) is -0.0791. The fraction of sp³-hybridized carbons (Fsp3) is 0.469. The van der Waals surface area contributed by atoms with Crippen LogP contribution in [0.1, 0.15) is 41.7 Å². The van der Waals surface area contributed by atoms with E-state index in [1.165, 1.54) is 6.26 Å². The molecule has 0 radical (unpaired) electrons. The second-order valence-electron chi connectivity index (χ2n) is 12.2. The van der Waals surface area contributed by atoms with Crippen molar-refractivity contribution in [3.05, 3.63) is 66.2 Å². The zero-order chi connectivity index (χ0) is 31.7. The molecule has 2 amide bonds. The molecule has 0 aliphatic carbocycles. The van der Waals surface area contributed by atoms with Crippen LogP contribution < -0.4 is 15.4 Å². The molecule has 4 bridgehead atoms. The number of benzene rings is 2. The summed E-state index contributed by atoms with van der Waals surface area (Å²) in [7, 11) is -1.43. The van der Waals surface area contributed by atoms with E-state index in [0.717, 1.165) is 16.8 Å². The third-order valence-electron chi connectivity index (χ3n) is 8.92. The minimum Gasteiger partial charge on any atom is -0.493 e. The maximum Gasteiger partial charge on any atom is 0.255 e. The van der Waals surface area contributed by atoms with E-state index in [2.05, 4.69) is 15.6 Å². The van der Waals surface area contributed by atoms with Gasteiger partial charge < -0.3 is 29.8 Å². The third-order valence-corrected chi connectivity index (χ3v) is 10.0. The molecule has 6 rings (SSSR count). The summed E-state index contributed by atoms with van der Waals surface area (Å²) in [4.78, 5) is 33.7. The van der Waals surface area contributed by atoms with Crippen molar-refractivity contribution in [1.82, 2.24) is 25.1 Å². The molecule has 3 N–H and O–H groups in total. The number of aryl methyl sites for hydroxylation is 1. The van der Waals surface area contributed by atoms with Crippen LogP contribution in [-0.2, 0) is 33.0 Å². The van der Waals surface area contributed by atoms with Gasteiger partial charge in [0, 0.05) is 51.6 Å². The van der Waals surface area contributed by atoms with Gasteiger partial charge in [0.15, 0.2) is 9.84 Å². The molecular weight excluding hydrogens is 598 g/mol. The highest BCUT2D eigenvalue weighted by atomic mass is 32.2. The Hall–Kier alpha value is -3.78. The van der Waals surface area contributed by atoms with Gasteiger partial charge in [-0.3, -0.25) is 14.5 Å². The molecular formula is C32H39N5O7S. The maximum atomic E-state index is 13.7. The number of fused-ring (bicyclic) bond motifs is 5. The lowest BCUT2D eigenvalue weighted by molar-refractivity contribution is -0.133. The smallest absolute Gasteiger partial charge is 0.255 e. The molecule has 45 heavy (non-hydrogen) atoms. The standard InChI is InChI=1S/C32H39N5O7S/c1-36-19-33-15-23(36)18-37-17-22-14-27(37)32(40)34-16-30-28(38)10-6-24(44-30)11-12-43-29-13-21(5-9-26(29)31(39)35-22)20-3-7-25(8-4-20)45(2,41)42/h3-5,7-9,13,15,19,22,24,27-28,30,38H,6,10-12,14,16-18H2,1-2H3,(H,34,40)(H,35,39)/t22-,24-,27-,28-,30+/m0/s1. The molecule has 2 aromatic carbocycles. The van der Waals surface area contributed by atoms with Crippen molar-refractivity contribution < 1.29 is 32.6 Å². The molecule has 1 aromatic heterocycles. The van der Waals surface area contributed by atoms with Crippen LogP contribution in [0.3, 0.4) is 0 Å². The first kappa shape index (κ1) is 31.2. The first-order chi connectivity index (χ1) is 21.5. The molecule has 5 atom stereocenters. The number of nitrogens with zero attached hydrogens (tertiary/aromatic N) is 3. The Balaban J connectivity index is 1.30. The van der Waals surface area contributed by atoms with E-state index >= 15 is 0 Å². The summed E-state index contributed by atoms with van der Waals surface area (Å²) in [5.41, 5.74) is 2.86. The summed E-state index contributed by atoms with van der Waals surface area (Å²) >= 11 is 0. The molecule has 0 saturated carbocycles. The van der Waals surface area contributed by atoms with Gasteiger partial charge in [0.25, 0.3) is 5.91 Å². The van der Waals surface area contributed by atoms with E-state index in [1.807, 2.05) is 22.6 Å². The molecule has 0 spiro atoms. The lowest BCUT2D eigenvalue weighted by Gasteiger charge is -2.34. The number of aromatic nitrogens is 2. The topological polar surface area (TPSA) is 152 Å². The van der Waals surface area contributed by atoms with Crippen LogP contribution in [0.4, 0.5) is 0 Å². The summed E-state index contributed by atoms with van der Waals surface area (Å²) in [6, 6.07) is 11.1. The summed E-state index contributed by atoms with van der Waals surface area (Å²) < 4.78 is 38.2. The van der Waals surface area contributed by atoms with Crippen molar-refractivity contribution in [3.8, 4) is 16.9 Å². The van der Waals surface area contributed by atoms with Gasteiger partial charge in [-0.2, -0.15) is 0 Å². The number of carbonyl (C=O) groups excluding carboxylic acids is 2. The Morgan fingerprint density at radius 2 is 1.84 bits per heavy atom. The zero-order valence-electron chi connectivity index (χ0n) is 25.4. The Labute approximate surface area is 262 Å². The average molecular weight is 638 g/mol. The van der Waals surface area contributed by atoms with Crippen LogP contribution in [0.25, 0.3) is 11.1 Å².